The van der Waals surface area contributed by atoms with E-state index in [-0.39, 0.29) is 18.9 Å². The number of carbonyl (C=O) groups excluding carboxylic acids is 1. The molecule has 0 saturated carbocycles. The Morgan fingerprint density at radius 2 is 1.65 bits per heavy atom. The number of hydrogen-bond acceptors (Lipinski definition) is 8. The number of carbonyl (C=O) groups is 1. The summed E-state index contributed by atoms with van der Waals surface area (Å²) in [5.74, 6) is 4.68. The summed E-state index contributed by atoms with van der Waals surface area (Å²) in [4.78, 5) is 15.6. The Kier molecular flexibility index (Phi) is 12.8. The number of anilines is 1. The highest BCUT2D eigenvalue weighted by Crippen LogP contribution is 2.49. The summed E-state index contributed by atoms with van der Waals surface area (Å²) in [5, 5.41) is 40.3. The van der Waals surface area contributed by atoms with Crippen LogP contribution in [0.15, 0.2) is 97.1 Å². The number of amides is 1. The molecule has 1 fully saturated rings. The Morgan fingerprint density at radius 3 is 2.31 bits per heavy atom. The van der Waals surface area contributed by atoms with Crippen LogP contribution in [0.25, 0.3) is 0 Å². The second kappa shape index (κ2) is 17.3. The van der Waals surface area contributed by atoms with Gasteiger partial charge in [0, 0.05) is 23.4 Å². The largest absolute Gasteiger partial charge is 0.488 e. The van der Waals surface area contributed by atoms with Gasteiger partial charge in [-0.2, -0.15) is 0 Å². The zero-order valence-electron chi connectivity index (χ0n) is 28.8. The van der Waals surface area contributed by atoms with E-state index in [1.807, 2.05) is 54.6 Å². The van der Waals surface area contributed by atoms with Crippen molar-refractivity contribution < 1.29 is 42.8 Å². The van der Waals surface area contributed by atoms with Crippen molar-refractivity contribution in [3.05, 3.63) is 131 Å². The molecule has 4 aromatic rings. The van der Waals surface area contributed by atoms with Crippen molar-refractivity contribution in [2.45, 2.75) is 50.0 Å². The van der Waals surface area contributed by atoms with Crippen LogP contribution in [0, 0.1) is 23.6 Å². The highest BCUT2D eigenvalue weighted by Gasteiger charge is 2.49. The first kappa shape index (κ1) is 38.6. The van der Waals surface area contributed by atoms with Gasteiger partial charge in [-0.1, -0.05) is 72.5 Å². The highest BCUT2D eigenvalue weighted by atomic mass is 32.2. The summed E-state index contributed by atoms with van der Waals surface area (Å²) in [5.41, 5.74) is 2.22. The van der Waals surface area contributed by atoms with Crippen molar-refractivity contribution in [3.8, 4) is 17.6 Å². The molecule has 1 aliphatic rings. The number of benzene rings is 4. The van der Waals surface area contributed by atoms with E-state index >= 15 is 0 Å². The van der Waals surface area contributed by atoms with Crippen molar-refractivity contribution in [1.82, 2.24) is 4.72 Å². The van der Waals surface area contributed by atoms with Gasteiger partial charge in [0.1, 0.15) is 18.2 Å². The summed E-state index contributed by atoms with van der Waals surface area (Å²) in [6.45, 7) is -0.997. The van der Waals surface area contributed by atoms with Crippen LogP contribution in [0.2, 0.25) is 0 Å². The van der Waals surface area contributed by atoms with Crippen molar-refractivity contribution in [2.75, 3.05) is 30.9 Å². The second-order valence-corrected chi connectivity index (χ2v) is 14.8. The summed E-state index contributed by atoms with van der Waals surface area (Å²) < 4.78 is 45.2. The van der Waals surface area contributed by atoms with Gasteiger partial charge < -0.3 is 30.1 Å². The smallest absolute Gasteiger partial charge is 0.233 e. The molecule has 5 rings (SSSR count). The number of β-lactam (4-membered cyclic amide) rings is 1. The van der Waals surface area contributed by atoms with Crippen LogP contribution < -0.4 is 14.4 Å². The van der Waals surface area contributed by atoms with Gasteiger partial charge in [0.05, 0.1) is 37.5 Å². The fraction of sp³-hybridized carbons (Fsp3) is 0.325. The van der Waals surface area contributed by atoms with Gasteiger partial charge in [-0.15, -0.1) is 0 Å². The maximum atomic E-state index is 14.0. The van der Waals surface area contributed by atoms with Gasteiger partial charge in [-0.3, -0.25) is 4.79 Å². The van der Waals surface area contributed by atoms with Crippen molar-refractivity contribution in [2.24, 2.45) is 5.92 Å². The van der Waals surface area contributed by atoms with Crippen LogP contribution in [0.1, 0.15) is 59.2 Å². The van der Waals surface area contributed by atoms with E-state index in [1.54, 1.807) is 23.1 Å². The molecule has 0 unspecified atom stereocenters. The van der Waals surface area contributed by atoms with Crippen molar-refractivity contribution in [1.29, 1.82) is 0 Å². The molecule has 274 valence electrons. The lowest BCUT2D eigenvalue weighted by Gasteiger charge is -2.48. The number of sulfonamides is 1. The van der Waals surface area contributed by atoms with Gasteiger partial charge in [0.15, 0.2) is 5.60 Å². The first-order chi connectivity index (χ1) is 24.9. The summed E-state index contributed by atoms with van der Waals surface area (Å²) in [6.07, 6.45) is 2.00. The molecule has 10 nitrogen and oxygen atoms in total. The van der Waals surface area contributed by atoms with Gasteiger partial charge in [0.25, 0.3) is 0 Å². The molecule has 12 heteroatoms. The number of aliphatic hydroxyl groups is 4. The van der Waals surface area contributed by atoms with Crippen LogP contribution in [0.4, 0.5) is 10.1 Å². The molecule has 0 bridgehead atoms. The fourth-order valence-electron chi connectivity index (χ4n) is 6.07. The zero-order valence-corrected chi connectivity index (χ0v) is 29.6. The third-order valence-corrected chi connectivity index (χ3v) is 9.70. The summed E-state index contributed by atoms with van der Waals surface area (Å²) in [7, 11) is -3.28. The van der Waals surface area contributed by atoms with E-state index in [1.165, 1.54) is 24.3 Å². The van der Waals surface area contributed by atoms with Crippen LogP contribution in [0.5, 0.6) is 5.75 Å². The van der Waals surface area contributed by atoms with Crippen molar-refractivity contribution >= 4 is 21.6 Å². The molecule has 3 atom stereocenters. The first-order valence-corrected chi connectivity index (χ1v) is 18.9. The minimum Gasteiger partial charge on any atom is -0.488 e. The number of nitrogens with one attached hydrogen (secondary N) is 1. The summed E-state index contributed by atoms with van der Waals surface area (Å²) in [6, 6.07) is 27.4. The van der Waals surface area contributed by atoms with Crippen molar-refractivity contribution in [3.63, 3.8) is 0 Å². The lowest BCUT2D eigenvalue weighted by Crippen LogP contribution is -2.55. The topological polar surface area (TPSA) is 157 Å². The Labute approximate surface area is 303 Å². The van der Waals surface area contributed by atoms with E-state index in [4.69, 9.17) is 4.74 Å². The highest BCUT2D eigenvalue weighted by molar-refractivity contribution is 7.88. The van der Waals surface area contributed by atoms with E-state index in [0.717, 1.165) is 17.4 Å². The monoisotopic (exact) mass is 730 g/mol. The second-order valence-electron chi connectivity index (χ2n) is 13.0. The van der Waals surface area contributed by atoms with Gasteiger partial charge >= 0.3 is 0 Å². The number of hydrogen-bond donors (Lipinski definition) is 5. The maximum Gasteiger partial charge on any atom is 0.233 e. The lowest BCUT2D eigenvalue weighted by atomic mass is 9.77. The first-order valence-electron chi connectivity index (χ1n) is 17.0. The molecular formula is C40H43FN2O8S. The normalized spacial score (nSPS) is 16.5. The molecule has 4 aromatic carbocycles. The predicted octanol–water partition coefficient (Wildman–Crippen LogP) is 4.17. The van der Waals surface area contributed by atoms with Gasteiger partial charge in [0.2, 0.25) is 15.9 Å². The fourth-order valence-corrected chi connectivity index (χ4v) is 6.59. The summed E-state index contributed by atoms with van der Waals surface area (Å²) >= 11 is 0. The standard InChI is InChI=1S/C40H43FN2O8S/c1-52(49,50)42-23-5-8-28-9-16-33(17-10-28)43-38(35(39(43)47)19-20-36(46)31-12-14-32(41)15-13-31)34-18-11-29(21-22-40(48,26-44)27-45)24-37(34)51-25-30-6-3-2-4-7-30/h2-4,6-7,9-18,24,35-36,38,42,44-46,48H,5,8,19-20,23,25-27H2,1H3/t35-,36+,38-/m1/s1. The number of rotatable bonds is 16. The van der Waals surface area contributed by atoms with Crippen LogP contribution in [-0.2, 0) is 27.8 Å². The Balaban J connectivity index is 1.47. The minimum absolute atomic E-state index is 0.143. The maximum absolute atomic E-state index is 14.0. The van der Waals surface area contributed by atoms with E-state index in [0.29, 0.717) is 53.9 Å². The average Bonchev–Trinajstić information content (AvgIpc) is 3.14. The molecule has 1 amide bonds. The molecule has 0 aromatic heterocycles. The molecule has 0 radical (unpaired) electrons. The lowest BCUT2D eigenvalue weighted by molar-refractivity contribution is -0.131. The molecule has 1 saturated heterocycles. The van der Waals surface area contributed by atoms with Gasteiger partial charge in [-0.25, -0.2) is 17.5 Å². The third kappa shape index (κ3) is 10.0. The molecule has 5 N–H and O–H groups in total. The van der Waals surface area contributed by atoms with Gasteiger partial charge in [-0.05, 0) is 78.8 Å². The van der Waals surface area contributed by atoms with Crippen LogP contribution in [-0.4, -0.2) is 66.4 Å². The quantitative estimate of drug-likeness (QED) is 0.0654. The third-order valence-electron chi connectivity index (χ3n) is 8.97. The molecule has 0 spiro atoms. The van der Waals surface area contributed by atoms with Crippen LogP contribution in [0.3, 0.4) is 0 Å². The molecular weight excluding hydrogens is 688 g/mol. The molecule has 1 aliphatic heterocycles. The van der Waals surface area contributed by atoms with E-state index in [9.17, 15) is 38.0 Å². The molecule has 0 aliphatic carbocycles. The number of nitrogens with zero attached hydrogens (tertiary/aromatic N) is 1. The Morgan fingerprint density at radius 1 is 0.962 bits per heavy atom. The number of aliphatic hydroxyl groups excluding tert-OH is 3. The zero-order chi connectivity index (χ0) is 37.3. The minimum atomic E-state index is -3.28. The van der Waals surface area contributed by atoms with E-state index < -0.39 is 52.7 Å². The Hall–Kier alpha value is -4.61. The number of halogens is 1. The SMILES string of the molecule is CS(=O)(=O)NCCCc1ccc(N2C(=O)[C@H](CC[C@H](O)c3ccc(F)cc3)[C@H]2c2ccc(C#CC(O)(CO)CO)cc2OCc2ccccc2)cc1. The number of aryl methyl sites for hydroxylation is 1. The average molecular weight is 731 g/mol. The van der Waals surface area contributed by atoms with Crippen LogP contribution >= 0.6 is 0 Å². The van der Waals surface area contributed by atoms with E-state index in [2.05, 4.69) is 16.6 Å². The molecule has 1 heterocycles. The number of ether oxygens (including phenoxy) is 1. The Bertz CT molecular complexity index is 1980. The molecule has 52 heavy (non-hydrogen) atoms. The predicted molar refractivity (Wildman–Crippen MR) is 195 cm³/mol.